The molecule has 0 rings (SSSR count). The van der Waals surface area contributed by atoms with E-state index in [9.17, 15) is 9.90 Å². The fourth-order valence-electron chi connectivity index (χ4n) is 1.02. The van der Waals surface area contributed by atoms with Gasteiger partial charge in [0.05, 0.1) is 18.6 Å². The Morgan fingerprint density at radius 1 is 1.38 bits per heavy atom. The van der Waals surface area contributed by atoms with E-state index in [1.165, 1.54) is 0 Å². The Labute approximate surface area is 80.1 Å². The summed E-state index contributed by atoms with van der Waals surface area (Å²) in [5.41, 5.74) is 0. The SMILES string of the molecule is CCOC(=O)[C@@H](C)C[C@@H](O)C(C)C. The van der Waals surface area contributed by atoms with Crippen molar-refractivity contribution in [1.82, 2.24) is 0 Å². The number of aliphatic hydroxyl groups excluding tert-OH is 1. The maximum atomic E-state index is 11.2. The van der Waals surface area contributed by atoms with Crippen molar-refractivity contribution in [3.63, 3.8) is 0 Å². The molecule has 0 aliphatic rings. The minimum absolute atomic E-state index is 0.192. The maximum absolute atomic E-state index is 11.2. The summed E-state index contributed by atoms with van der Waals surface area (Å²) in [6, 6.07) is 0. The number of aliphatic hydroxyl groups is 1. The van der Waals surface area contributed by atoms with E-state index in [2.05, 4.69) is 0 Å². The minimum atomic E-state index is -0.417. The number of hydrogen-bond acceptors (Lipinski definition) is 3. The Morgan fingerprint density at radius 3 is 2.31 bits per heavy atom. The molecule has 13 heavy (non-hydrogen) atoms. The first-order valence-corrected chi connectivity index (χ1v) is 4.83. The molecule has 1 N–H and O–H groups in total. The van der Waals surface area contributed by atoms with Crippen LogP contribution in [0.3, 0.4) is 0 Å². The van der Waals surface area contributed by atoms with Crippen LogP contribution in [0.15, 0.2) is 0 Å². The fourth-order valence-corrected chi connectivity index (χ4v) is 1.02. The summed E-state index contributed by atoms with van der Waals surface area (Å²) in [5.74, 6) is -0.239. The Bertz CT molecular complexity index is 154. The van der Waals surface area contributed by atoms with E-state index in [1.807, 2.05) is 13.8 Å². The normalized spacial score (nSPS) is 15.5. The molecule has 0 radical (unpaired) electrons. The van der Waals surface area contributed by atoms with Crippen LogP contribution < -0.4 is 0 Å². The van der Waals surface area contributed by atoms with Gasteiger partial charge in [0.2, 0.25) is 0 Å². The highest BCUT2D eigenvalue weighted by Gasteiger charge is 2.19. The lowest BCUT2D eigenvalue weighted by atomic mass is 9.96. The van der Waals surface area contributed by atoms with Gasteiger partial charge in [-0.15, -0.1) is 0 Å². The third-order valence-corrected chi connectivity index (χ3v) is 2.05. The van der Waals surface area contributed by atoms with E-state index in [0.29, 0.717) is 13.0 Å². The first kappa shape index (κ1) is 12.4. The lowest BCUT2D eigenvalue weighted by molar-refractivity contribution is -0.148. The van der Waals surface area contributed by atoms with Gasteiger partial charge in [0.15, 0.2) is 0 Å². The molecule has 0 aromatic rings. The Balaban J connectivity index is 3.85. The Hall–Kier alpha value is -0.570. The van der Waals surface area contributed by atoms with E-state index < -0.39 is 6.10 Å². The maximum Gasteiger partial charge on any atom is 0.308 e. The number of ether oxygens (including phenoxy) is 1. The molecule has 0 unspecified atom stereocenters. The van der Waals surface area contributed by atoms with Gasteiger partial charge in [0, 0.05) is 0 Å². The van der Waals surface area contributed by atoms with E-state index in [-0.39, 0.29) is 17.8 Å². The molecule has 0 bridgehead atoms. The molecule has 0 saturated carbocycles. The predicted molar refractivity (Wildman–Crippen MR) is 51.3 cm³/mol. The van der Waals surface area contributed by atoms with E-state index >= 15 is 0 Å². The summed E-state index contributed by atoms with van der Waals surface area (Å²) in [7, 11) is 0. The molecule has 0 fully saturated rings. The van der Waals surface area contributed by atoms with Crippen LogP contribution in [-0.4, -0.2) is 23.8 Å². The van der Waals surface area contributed by atoms with Crippen LogP contribution in [0, 0.1) is 11.8 Å². The van der Waals surface area contributed by atoms with Gasteiger partial charge in [0.25, 0.3) is 0 Å². The first-order valence-electron chi connectivity index (χ1n) is 4.83. The lowest BCUT2D eigenvalue weighted by Crippen LogP contribution is -2.24. The quantitative estimate of drug-likeness (QED) is 0.666. The van der Waals surface area contributed by atoms with Crippen LogP contribution in [0.5, 0.6) is 0 Å². The molecule has 0 heterocycles. The van der Waals surface area contributed by atoms with Gasteiger partial charge in [-0.1, -0.05) is 20.8 Å². The molecule has 0 aromatic carbocycles. The molecule has 0 aliphatic heterocycles. The molecule has 3 heteroatoms. The smallest absolute Gasteiger partial charge is 0.308 e. The average molecular weight is 188 g/mol. The second kappa shape index (κ2) is 5.97. The summed E-state index contributed by atoms with van der Waals surface area (Å²) in [5, 5.41) is 9.51. The molecule has 0 aliphatic carbocycles. The molecule has 0 aromatic heterocycles. The number of esters is 1. The number of carbonyl (C=O) groups is 1. The summed E-state index contributed by atoms with van der Waals surface area (Å²) in [6.45, 7) is 7.83. The predicted octanol–water partition coefficient (Wildman–Crippen LogP) is 1.59. The van der Waals surface area contributed by atoms with Crippen LogP contribution >= 0.6 is 0 Å². The van der Waals surface area contributed by atoms with E-state index in [0.717, 1.165) is 0 Å². The largest absolute Gasteiger partial charge is 0.466 e. The van der Waals surface area contributed by atoms with Gasteiger partial charge in [-0.3, -0.25) is 4.79 Å². The fraction of sp³-hybridized carbons (Fsp3) is 0.900. The van der Waals surface area contributed by atoms with Gasteiger partial charge >= 0.3 is 5.97 Å². The van der Waals surface area contributed by atoms with Gasteiger partial charge in [-0.05, 0) is 19.3 Å². The summed E-state index contributed by atoms with van der Waals surface area (Å²) in [4.78, 5) is 11.2. The second-order valence-corrected chi connectivity index (χ2v) is 3.70. The topological polar surface area (TPSA) is 46.5 Å². The van der Waals surface area contributed by atoms with Crippen molar-refractivity contribution in [2.75, 3.05) is 6.61 Å². The summed E-state index contributed by atoms with van der Waals surface area (Å²) < 4.78 is 4.83. The lowest BCUT2D eigenvalue weighted by Gasteiger charge is -2.17. The summed E-state index contributed by atoms with van der Waals surface area (Å²) >= 11 is 0. The number of rotatable bonds is 5. The van der Waals surface area contributed by atoms with Crippen LogP contribution in [-0.2, 0) is 9.53 Å². The highest BCUT2D eigenvalue weighted by atomic mass is 16.5. The highest BCUT2D eigenvalue weighted by molar-refractivity contribution is 5.71. The van der Waals surface area contributed by atoms with Gasteiger partial charge in [-0.25, -0.2) is 0 Å². The van der Waals surface area contributed by atoms with Crippen molar-refractivity contribution in [3.05, 3.63) is 0 Å². The monoisotopic (exact) mass is 188 g/mol. The number of carbonyl (C=O) groups excluding carboxylic acids is 1. The standard InChI is InChI=1S/C10H20O3/c1-5-13-10(12)8(4)6-9(11)7(2)3/h7-9,11H,5-6H2,1-4H3/t8-,9+/m0/s1. The van der Waals surface area contributed by atoms with Crippen molar-refractivity contribution in [2.45, 2.75) is 40.2 Å². The third-order valence-electron chi connectivity index (χ3n) is 2.05. The zero-order valence-electron chi connectivity index (χ0n) is 8.91. The molecule has 0 spiro atoms. The Morgan fingerprint density at radius 2 is 1.92 bits per heavy atom. The molecule has 78 valence electrons. The van der Waals surface area contributed by atoms with Crippen molar-refractivity contribution >= 4 is 5.97 Å². The molecular formula is C10H20O3. The van der Waals surface area contributed by atoms with Crippen molar-refractivity contribution < 1.29 is 14.6 Å². The highest BCUT2D eigenvalue weighted by Crippen LogP contribution is 2.13. The van der Waals surface area contributed by atoms with Crippen LogP contribution in [0.25, 0.3) is 0 Å². The van der Waals surface area contributed by atoms with Crippen LogP contribution in [0.2, 0.25) is 0 Å². The van der Waals surface area contributed by atoms with Crippen molar-refractivity contribution in [1.29, 1.82) is 0 Å². The molecular weight excluding hydrogens is 168 g/mol. The zero-order chi connectivity index (χ0) is 10.4. The Kier molecular flexibility index (Phi) is 5.71. The second-order valence-electron chi connectivity index (χ2n) is 3.70. The number of hydrogen-bond donors (Lipinski definition) is 1. The zero-order valence-corrected chi connectivity index (χ0v) is 8.91. The molecule has 2 atom stereocenters. The van der Waals surface area contributed by atoms with Crippen LogP contribution in [0.1, 0.15) is 34.1 Å². The third kappa shape index (κ3) is 4.88. The first-order chi connectivity index (χ1) is 5.99. The van der Waals surface area contributed by atoms with Gasteiger partial charge in [0.1, 0.15) is 0 Å². The van der Waals surface area contributed by atoms with Crippen LogP contribution in [0.4, 0.5) is 0 Å². The molecule has 3 nitrogen and oxygen atoms in total. The molecule has 0 amide bonds. The van der Waals surface area contributed by atoms with E-state index in [1.54, 1.807) is 13.8 Å². The van der Waals surface area contributed by atoms with E-state index in [4.69, 9.17) is 4.74 Å². The average Bonchev–Trinajstić information content (AvgIpc) is 2.04. The minimum Gasteiger partial charge on any atom is -0.466 e. The molecule has 0 saturated heterocycles. The van der Waals surface area contributed by atoms with Crippen molar-refractivity contribution in [3.8, 4) is 0 Å². The van der Waals surface area contributed by atoms with Gasteiger partial charge in [-0.2, -0.15) is 0 Å². The van der Waals surface area contributed by atoms with Gasteiger partial charge < -0.3 is 9.84 Å². The van der Waals surface area contributed by atoms with Crippen molar-refractivity contribution in [2.24, 2.45) is 11.8 Å². The summed E-state index contributed by atoms with van der Waals surface area (Å²) in [6.07, 6.45) is 0.0654.